The summed E-state index contributed by atoms with van der Waals surface area (Å²) < 4.78 is 5.46. The van der Waals surface area contributed by atoms with Crippen molar-refractivity contribution in [3.05, 3.63) is 24.3 Å². The normalized spacial score (nSPS) is 11.7. The minimum atomic E-state index is -0.629. The minimum Gasteiger partial charge on any atom is -0.494 e. The summed E-state index contributed by atoms with van der Waals surface area (Å²) in [4.78, 5) is 11.9. The Bertz CT molecular complexity index is 446. The molecule has 0 aliphatic rings. The summed E-state index contributed by atoms with van der Waals surface area (Å²) in [6, 6.07) is 9.19. The second-order valence-corrected chi connectivity index (χ2v) is 4.71. The van der Waals surface area contributed by atoms with E-state index in [1.165, 1.54) is 0 Å². The molecule has 0 spiro atoms. The molecule has 19 heavy (non-hydrogen) atoms. The molecule has 1 aromatic carbocycles. The third-order valence-electron chi connectivity index (χ3n) is 2.68. The second-order valence-electron chi connectivity index (χ2n) is 4.71. The number of anilines is 1. The third-order valence-corrected chi connectivity index (χ3v) is 2.68. The first-order chi connectivity index (χ1) is 9.08. The van der Waals surface area contributed by atoms with Gasteiger partial charge in [0.05, 0.1) is 12.7 Å². The molecule has 0 aliphatic heterocycles. The van der Waals surface area contributed by atoms with Gasteiger partial charge in [-0.3, -0.25) is 4.79 Å². The van der Waals surface area contributed by atoms with Gasteiger partial charge in [-0.1, -0.05) is 20.8 Å². The van der Waals surface area contributed by atoms with Crippen molar-refractivity contribution in [2.75, 3.05) is 11.9 Å². The van der Waals surface area contributed by atoms with Gasteiger partial charge in [-0.2, -0.15) is 5.26 Å². The van der Waals surface area contributed by atoms with Crippen molar-refractivity contribution in [1.82, 2.24) is 0 Å². The molecule has 0 aromatic heterocycles. The Hall–Kier alpha value is -2.02. The molecular formula is C15H20N2O2. The average molecular weight is 260 g/mol. The molecule has 1 unspecified atom stereocenters. The molecule has 1 aromatic rings. The first kappa shape index (κ1) is 15.0. The zero-order chi connectivity index (χ0) is 14.3. The van der Waals surface area contributed by atoms with Crippen LogP contribution in [-0.4, -0.2) is 12.5 Å². The number of benzene rings is 1. The predicted octanol–water partition coefficient (Wildman–Crippen LogP) is 3.21. The second kappa shape index (κ2) is 7.42. The molecule has 0 bridgehead atoms. The topological polar surface area (TPSA) is 62.1 Å². The van der Waals surface area contributed by atoms with Crippen LogP contribution in [0.4, 0.5) is 5.69 Å². The van der Waals surface area contributed by atoms with E-state index < -0.39 is 5.92 Å². The van der Waals surface area contributed by atoms with Gasteiger partial charge in [-0.15, -0.1) is 0 Å². The van der Waals surface area contributed by atoms with Gasteiger partial charge < -0.3 is 10.1 Å². The predicted molar refractivity (Wildman–Crippen MR) is 74.8 cm³/mol. The number of carbonyl (C=O) groups excluding carboxylic acids is 1. The van der Waals surface area contributed by atoms with Crippen LogP contribution < -0.4 is 10.1 Å². The van der Waals surface area contributed by atoms with Crippen LogP contribution >= 0.6 is 0 Å². The zero-order valence-corrected chi connectivity index (χ0v) is 11.6. The average Bonchev–Trinajstić information content (AvgIpc) is 2.38. The number of rotatable bonds is 6. The van der Waals surface area contributed by atoms with Crippen LogP contribution in [0.3, 0.4) is 0 Å². The molecule has 4 nitrogen and oxygen atoms in total. The Kier molecular flexibility index (Phi) is 5.87. The van der Waals surface area contributed by atoms with Crippen molar-refractivity contribution in [2.24, 2.45) is 11.8 Å². The van der Waals surface area contributed by atoms with Crippen molar-refractivity contribution >= 4 is 11.6 Å². The van der Waals surface area contributed by atoms with E-state index in [0.29, 0.717) is 12.3 Å². The van der Waals surface area contributed by atoms with E-state index in [2.05, 4.69) is 5.32 Å². The maximum Gasteiger partial charge on any atom is 0.241 e. The SMILES string of the molecule is CCCOc1ccc(NC(=O)C(C#N)C(C)C)cc1. The third kappa shape index (κ3) is 4.63. The van der Waals surface area contributed by atoms with Crippen LogP contribution in [0.25, 0.3) is 0 Å². The number of nitrogens with one attached hydrogen (secondary N) is 1. The Morgan fingerprint density at radius 1 is 1.37 bits per heavy atom. The quantitative estimate of drug-likeness (QED) is 0.854. The van der Waals surface area contributed by atoms with Gasteiger partial charge in [-0.05, 0) is 36.6 Å². The summed E-state index contributed by atoms with van der Waals surface area (Å²) in [5, 5.41) is 11.7. The highest BCUT2D eigenvalue weighted by molar-refractivity contribution is 5.94. The molecule has 0 aliphatic carbocycles. The van der Waals surface area contributed by atoms with Crippen molar-refractivity contribution in [3.8, 4) is 11.8 Å². The Labute approximate surface area is 114 Å². The fourth-order valence-corrected chi connectivity index (χ4v) is 1.58. The number of amides is 1. The maximum atomic E-state index is 11.9. The lowest BCUT2D eigenvalue weighted by Gasteiger charge is -2.13. The summed E-state index contributed by atoms with van der Waals surface area (Å²) in [5.74, 6) is -0.117. The zero-order valence-electron chi connectivity index (χ0n) is 11.6. The van der Waals surface area contributed by atoms with Crippen molar-refractivity contribution in [2.45, 2.75) is 27.2 Å². The van der Waals surface area contributed by atoms with Crippen molar-refractivity contribution in [1.29, 1.82) is 5.26 Å². The highest BCUT2D eigenvalue weighted by Gasteiger charge is 2.21. The van der Waals surface area contributed by atoms with Crippen molar-refractivity contribution in [3.63, 3.8) is 0 Å². The van der Waals surface area contributed by atoms with Gasteiger partial charge >= 0.3 is 0 Å². The van der Waals surface area contributed by atoms with E-state index in [9.17, 15) is 4.79 Å². The van der Waals surface area contributed by atoms with Crippen LogP contribution in [0.1, 0.15) is 27.2 Å². The van der Waals surface area contributed by atoms with Gasteiger partial charge in [0.1, 0.15) is 11.7 Å². The summed E-state index contributed by atoms with van der Waals surface area (Å²) in [6.45, 7) is 6.43. The highest BCUT2D eigenvalue weighted by Crippen LogP contribution is 2.18. The van der Waals surface area contributed by atoms with Gasteiger partial charge in [0, 0.05) is 5.69 Å². The molecule has 0 saturated heterocycles. The van der Waals surface area contributed by atoms with Gasteiger partial charge in [-0.25, -0.2) is 0 Å². The van der Waals surface area contributed by atoms with Crippen LogP contribution in [0.5, 0.6) is 5.75 Å². The summed E-state index contributed by atoms with van der Waals surface area (Å²) in [7, 11) is 0. The first-order valence-electron chi connectivity index (χ1n) is 6.51. The van der Waals surface area contributed by atoms with E-state index in [1.54, 1.807) is 12.1 Å². The minimum absolute atomic E-state index is 0.00263. The molecule has 0 saturated carbocycles. The monoisotopic (exact) mass is 260 g/mol. The van der Waals surface area contributed by atoms with E-state index in [0.717, 1.165) is 12.2 Å². The maximum absolute atomic E-state index is 11.9. The Morgan fingerprint density at radius 3 is 2.47 bits per heavy atom. The molecular weight excluding hydrogens is 240 g/mol. The standard InChI is InChI=1S/C15H20N2O2/c1-4-9-19-13-7-5-12(6-8-13)17-15(18)14(10-16)11(2)3/h5-8,11,14H,4,9H2,1-3H3,(H,17,18). The lowest BCUT2D eigenvalue weighted by atomic mass is 9.96. The fraction of sp³-hybridized carbons (Fsp3) is 0.467. The number of ether oxygens (including phenoxy) is 1. The molecule has 0 radical (unpaired) electrons. The summed E-state index contributed by atoms with van der Waals surface area (Å²) >= 11 is 0. The van der Waals surface area contributed by atoms with Gasteiger partial charge in [0.25, 0.3) is 0 Å². The van der Waals surface area contributed by atoms with E-state index in [4.69, 9.17) is 10.00 Å². The number of nitrogens with zero attached hydrogens (tertiary/aromatic N) is 1. The molecule has 102 valence electrons. The van der Waals surface area contributed by atoms with Gasteiger partial charge in [0.15, 0.2) is 0 Å². The van der Waals surface area contributed by atoms with Crippen molar-refractivity contribution < 1.29 is 9.53 Å². The van der Waals surface area contributed by atoms with Crippen LogP contribution in [-0.2, 0) is 4.79 Å². The lowest BCUT2D eigenvalue weighted by molar-refractivity contribution is -0.119. The molecule has 1 amide bonds. The number of nitriles is 1. The van der Waals surface area contributed by atoms with E-state index in [1.807, 2.05) is 39.0 Å². The molecule has 4 heteroatoms. The smallest absolute Gasteiger partial charge is 0.241 e. The molecule has 0 heterocycles. The molecule has 1 N–H and O–H groups in total. The number of carbonyl (C=O) groups is 1. The molecule has 0 fully saturated rings. The van der Waals surface area contributed by atoms with Crippen LogP contribution in [0.15, 0.2) is 24.3 Å². The highest BCUT2D eigenvalue weighted by atomic mass is 16.5. The molecule has 1 rings (SSSR count). The molecule has 1 atom stereocenters. The van der Waals surface area contributed by atoms with Crippen LogP contribution in [0.2, 0.25) is 0 Å². The number of hydrogen-bond acceptors (Lipinski definition) is 3. The summed E-state index contributed by atoms with van der Waals surface area (Å²) in [5.41, 5.74) is 0.676. The van der Waals surface area contributed by atoms with E-state index >= 15 is 0 Å². The Balaban J connectivity index is 2.63. The first-order valence-corrected chi connectivity index (χ1v) is 6.51. The van der Waals surface area contributed by atoms with E-state index in [-0.39, 0.29) is 11.8 Å². The van der Waals surface area contributed by atoms with Crippen LogP contribution in [0, 0.1) is 23.2 Å². The number of hydrogen-bond donors (Lipinski definition) is 1. The lowest BCUT2D eigenvalue weighted by Crippen LogP contribution is -2.25. The summed E-state index contributed by atoms with van der Waals surface area (Å²) in [6.07, 6.45) is 0.955. The van der Waals surface area contributed by atoms with Gasteiger partial charge in [0.2, 0.25) is 5.91 Å². The Morgan fingerprint density at radius 2 is 2.00 bits per heavy atom. The largest absolute Gasteiger partial charge is 0.494 e. The fourth-order valence-electron chi connectivity index (χ4n) is 1.58.